The van der Waals surface area contributed by atoms with E-state index in [9.17, 15) is 0 Å². The van der Waals surface area contributed by atoms with Gasteiger partial charge in [0.05, 0.1) is 0 Å². The Bertz CT molecular complexity index is 161. The Kier molecular flexibility index (Phi) is 0.518. The summed E-state index contributed by atoms with van der Waals surface area (Å²) in [6.45, 7) is 2.51. The van der Waals surface area contributed by atoms with Gasteiger partial charge in [-0.05, 0) is 36.0 Å². The second-order valence-corrected chi connectivity index (χ2v) is 4.54. The molecule has 3 aliphatic rings. The van der Waals surface area contributed by atoms with Crippen molar-refractivity contribution in [2.24, 2.45) is 16.7 Å². The zero-order valence-electron chi connectivity index (χ0n) is 6.11. The molecule has 0 aromatic rings. The van der Waals surface area contributed by atoms with E-state index in [0.717, 1.165) is 10.8 Å². The Balaban J connectivity index is 1.96. The Morgan fingerprint density at radius 1 is 1.22 bits per heavy atom. The van der Waals surface area contributed by atoms with Crippen LogP contribution in [0.25, 0.3) is 0 Å². The van der Waals surface area contributed by atoms with Gasteiger partial charge in [-0.2, -0.15) is 0 Å². The van der Waals surface area contributed by atoms with Gasteiger partial charge in [0.2, 0.25) is 0 Å². The van der Waals surface area contributed by atoms with Crippen LogP contribution in [0.4, 0.5) is 0 Å². The summed E-state index contributed by atoms with van der Waals surface area (Å²) in [7, 11) is 0. The van der Waals surface area contributed by atoms with Crippen LogP contribution in [0, 0.1) is 16.7 Å². The van der Waals surface area contributed by atoms with Crippen LogP contribution in [0.15, 0.2) is 0 Å². The molecule has 0 aromatic carbocycles. The molecular formula is C9H14. The molecule has 0 amide bonds. The maximum absolute atomic E-state index is 2.51. The highest BCUT2D eigenvalue weighted by Gasteiger charge is 2.85. The van der Waals surface area contributed by atoms with E-state index in [1.165, 1.54) is 18.8 Å². The summed E-state index contributed by atoms with van der Waals surface area (Å²) in [6.07, 6.45) is 7.79. The third kappa shape index (κ3) is 0.300. The van der Waals surface area contributed by atoms with E-state index < -0.39 is 0 Å². The zero-order chi connectivity index (χ0) is 6.11. The summed E-state index contributed by atoms with van der Waals surface area (Å²) >= 11 is 0. The monoisotopic (exact) mass is 122 g/mol. The van der Waals surface area contributed by atoms with Gasteiger partial charge in [-0.3, -0.25) is 0 Å². The molecule has 9 heavy (non-hydrogen) atoms. The van der Waals surface area contributed by atoms with Crippen molar-refractivity contribution in [3.05, 3.63) is 0 Å². The lowest BCUT2D eigenvalue weighted by Crippen LogP contribution is -2.16. The van der Waals surface area contributed by atoms with E-state index in [2.05, 4.69) is 6.92 Å². The van der Waals surface area contributed by atoms with Crippen LogP contribution in [-0.2, 0) is 0 Å². The van der Waals surface area contributed by atoms with Crippen molar-refractivity contribution in [3.8, 4) is 0 Å². The lowest BCUT2D eigenvalue weighted by molar-refractivity contribution is 0.237. The smallest absolute Gasteiger partial charge is 0.0204 e. The highest BCUT2D eigenvalue weighted by molar-refractivity contribution is 5.33. The van der Waals surface area contributed by atoms with E-state index in [4.69, 9.17) is 0 Å². The van der Waals surface area contributed by atoms with E-state index >= 15 is 0 Å². The van der Waals surface area contributed by atoms with E-state index in [1.54, 1.807) is 19.3 Å². The minimum Gasteiger partial charge on any atom is -0.0588 e. The van der Waals surface area contributed by atoms with Crippen molar-refractivity contribution < 1.29 is 0 Å². The normalized spacial score (nSPS) is 68.3. The average molecular weight is 122 g/mol. The molecule has 0 bridgehead atoms. The van der Waals surface area contributed by atoms with Gasteiger partial charge < -0.3 is 0 Å². The largest absolute Gasteiger partial charge is 0.0588 e. The van der Waals surface area contributed by atoms with E-state index in [-0.39, 0.29) is 0 Å². The molecule has 0 nitrogen and oxygen atoms in total. The van der Waals surface area contributed by atoms with Crippen molar-refractivity contribution in [3.63, 3.8) is 0 Å². The highest BCUT2D eigenvalue weighted by Crippen LogP contribution is 2.92. The van der Waals surface area contributed by atoms with Gasteiger partial charge in [0.25, 0.3) is 0 Å². The van der Waals surface area contributed by atoms with Gasteiger partial charge >= 0.3 is 0 Å². The summed E-state index contributed by atoms with van der Waals surface area (Å²) in [5.74, 6) is 1.20. The first-order valence-electron chi connectivity index (χ1n) is 4.30. The summed E-state index contributed by atoms with van der Waals surface area (Å²) in [6, 6.07) is 0. The lowest BCUT2D eigenvalue weighted by atomic mass is 9.78. The Labute approximate surface area is 56.6 Å². The van der Waals surface area contributed by atoms with Crippen molar-refractivity contribution in [1.82, 2.24) is 0 Å². The van der Waals surface area contributed by atoms with E-state index in [0.29, 0.717) is 0 Å². The minimum atomic E-state index is 0.880. The predicted molar refractivity (Wildman–Crippen MR) is 37.1 cm³/mol. The summed E-state index contributed by atoms with van der Waals surface area (Å²) < 4.78 is 0. The Hall–Kier alpha value is 0. The number of hydrogen-bond donors (Lipinski definition) is 0. The number of rotatable bonds is 0. The maximum atomic E-state index is 2.51. The van der Waals surface area contributed by atoms with Crippen LogP contribution in [0.5, 0.6) is 0 Å². The first kappa shape index (κ1) is 4.76. The fourth-order valence-electron chi connectivity index (χ4n) is 3.50. The van der Waals surface area contributed by atoms with Gasteiger partial charge in [0, 0.05) is 0 Å². The zero-order valence-corrected chi connectivity index (χ0v) is 6.11. The second kappa shape index (κ2) is 0.980. The molecule has 1 spiro atoms. The molecule has 3 fully saturated rings. The highest BCUT2D eigenvalue weighted by atomic mass is 14.9. The molecule has 0 N–H and O–H groups in total. The molecule has 0 heteroatoms. The lowest BCUT2D eigenvalue weighted by Gasteiger charge is -2.27. The third-order valence-corrected chi connectivity index (χ3v) is 4.47. The van der Waals surface area contributed by atoms with Crippen LogP contribution < -0.4 is 0 Å². The summed E-state index contributed by atoms with van der Waals surface area (Å²) in [5.41, 5.74) is 1.83. The van der Waals surface area contributed by atoms with Gasteiger partial charge in [0.15, 0.2) is 0 Å². The number of fused-ring (bicyclic) bond motifs is 1. The fraction of sp³-hybridized carbons (Fsp3) is 1.00. The first-order valence-corrected chi connectivity index (χ1v) is 4.30. The van der Waals surface area contributed by atoms with Crippen LogP contribution in [-0.4, -0.2) is 0 Å². The molecule has 3 unspecified atom stereocenters. The molecule has 0 heterocycles. The molecule has 0 radical (unpaired) electrons. The molecule has 0 saturated heterocycles. The SMILES string of the molecule is CC12CCCCC13CC23. The van der Waals surface area contributed by atoms with Gasteiger partial charge in [0.1, 0.15) is 0 Å². The number of hydrogen-bond acceptors (Lipinski definition) is 0. The summed E-state index contributed by atoms with van der Waals surface area (Å²) in [5, 5.41) is 0. The molecule has 50 valence electrons. The Morgan fingerprint density at radius 3 is 2.44 bits per heavy atom. The topological polar surface area (TPSA) is 0 Å². The van der Waals surface area contributed by atoms with Crippen LogP contribution in [0.1, 0.15) is 39.0 Å². The van der Waals surface area contributed by atoms with Gasteiger partial charge in [-0.25, -0.2) is 0 Å². The molecule has 3 atom stereocenters. The standard InChI is InChI=1S/C9H14/c1-8-4-2-3-5-9(8)6-7(8)9/h7H,2-6H2,1H3. The van der Waals surface area contributed by atoms with Crippen molar-refractivity contribution >= 4 is 0 Å². The van der Waals surface area contributed by atoms with Crippen molar-refractivity contribution in [2.45, 2.75) is 39.0 Å². The summed E-state index contributed by atoms with van der Waals surface area (Å²) in [4.78, 5) is 0. The average Bonchev–Trinajstić information content (AvgIpc) is 2.64. The van der Waals surface area contributed by atoms with Crippen molar-refractivity contribution in [1.29, 1.82) is 0 Å². The molecular weight excluding hydrogens is 108 g/mol. The predicted octanol–water partition coefficient (Wildman–Crippen LogP) is 2.59. The van der Waals surface area contributed by atoms with Crippen molar-refractivity contribution in [2.75, 3.05) is 0 Å². The van der Waals surface area contributed by atoms with Crippen LogP contribution in [0.2, 0.25) is 0 Å². The third-order valence-electron chi connectivity index (χ3n) is 4.47. The first-order chi connectivity index (χ1) is 4.30. The molecule has 3 aliphatic carbocycles. The molecule has 3 saturated carbocycles. The second-order valence-electron chi connectivity index (χ2n) is 4.54. The van der Waals surface area contributed by atoms with Crippen LogP contribution >= 0.6 is 0 Å². The Morgan fingerprint density at radius 2 is 2.00 bits per heavy atom. The van der Waals surface area contributed by atoms with Gasteiger partial charge in [-0.15, -0.1) is 0 Å². The quantitative estimate of drug-likeness (QED) is 0.463. The van der Waals surface area contributed by atoms with Crippen LogP contribution in [0.3, 0.4) is 0 Å². The molecule has 0 aliphatic heterocycles. The fourth-order valence-corrected chi connectivity index (χ4v) is 3.50. The maximum Gasteiger partial charge on any atom is -0.0204 e. The molecule has 0 aromatic heterocycles. The molecule has 3 rings (SSSR count). The van der Waals surface area contributed by atoms with E-state index in [1.807, 2.05) is 0 Å². The van der Waals surface area contributed by atoms with Gasteiger partial charge in [-0.1, -0.05) is 19.8 Å². The minimum absolute atomic E-state index is 0.880.